The fourth-order valence-electron chi connectivity index (χ4n) is 3.70. The van der Waals surface area contributed by atoms with Crippen LogP contribution in [0.3, 0.4) is 0 Å². The van der Waals surface area contributed by atoms with Crippen molar-refractivity contribution in [3.8, 4) is 0 Å². The van der Waals surface area contributed by atoms with Crippen LogP contribution in [0.4, 0.5) is 11.4 Å². The van der Waals surface area contributed by atoms with E-state index < -0.39 is 0 Å². The number of carbonyl (C=O) groups excluding carboxylic acids is 2. The van der Waals surface area contributed by atoms with Crippen LogP contribution in [0.2, 0.25) is 0 Å². The van der Waals surface area contributed by atoms with Gasteiger partial charge >= 0.3 is 0 Å². The maximum atomic E-state index is 12.7. The summed E-state index contributed by atoms with van der Waals surface area (Å²) >= 11 is 0. The van der Waals surface area contributed by atoms with Crippen LogP contribution >= 0.6 is 0 Å². The molecule has 30 heavy (non-hydrogen) atoms. The maximum absolute atomic E-state index is 12.7. The van der Waals surface area contributed by atoms with Crippen molar-refractivity contribution in [1.29, 1.82) is 0 Å². The lowest BCUT2D eigenvalue weighted by atomic mass is 10.0. The van der Waals surface area contributed by atoms with E-state index in [1.165, 1.54) is 0 Å². The third-order valence-corrected chi connectivity index (χ3v) is 5.13. The molecule has 0 radical (unpaired) electrons. The number of amides is 2. The molecule has 0 bridgehead atoms. The second kappa shape index (κ2) is 9.37. The van der Waals surface area contributed by atoms with Crippen LogP contribution in [-0.2, 0) is 14.3 Å². The molecule has 5 nitrogen and oxygen atoms in total. The Kier molecular flexibility index (Phi) is 6.20. The molecular formula is C25H24N2O3. The van der Waals surface area contributed by atoms with Crippen molar-refractivity contribution in [2.24, 2.45) is 0 Å². The number of ether oxygens (including phenoxy) is 1. The summed E-state index contributed by atoms with van der Waals surface area (Å²) < 4.78 is 6.04. The monoisotopic (exact) mass is 400 g/mol. The van der Waals surface area contributed by atoms with Crippen molar-refractivity contribution in [2.75, 3.05) is 23.4 Å². The summed E-state index contributed by atoms with van der Waals surface area (Å²) in [6, 6.07) is 27.1. The summed E-state index contributed by atoms with van der Waals surface area (Å²) in [7, 11) is 0. The first-order valence-electron chi connectivity index (χ1n) is 10.1. The van der Waals surface area contributed by atoms with Gasteiger partial charge in [0.15, 0.2) is 0 Å². The predicted octanol–water partition coefficient (Wildman–Crippen LogP) is 4.56. The summed E-state index contributed by atoms with van der Waals surface area (Å²) in [5.41, 5.74) is 3.33. The molecule has 2 amide bonds. The van der Waals surface area contributed by atoms with Crippen molar-refractivity contribution >= 4 is 23.2 Å². The zero-order chi connectivity index (χ0) is 20.8. The van der Waals surface area contributed by atoms with Gasteiger partial charge in [0, 0.05) is 13.0 Å². The van der Waals surface area contributed by atoms with Gasteiger partial charge in [-0.25, -0.2) is 0 Å². The summed E-state index contributed by atoms with van der Waals surface area (Å²) in [4.78, 5) is 26.5. The second-order valence-corrected chi connectivity index (χ2v) is 7.23. The van der Waals surface area contributed by atoms with Gasteiger partial charge in [-0.3, -0.25) is 9.59 Å². The Morgan fingerprint density at radius 2 is 1.50 bits per heavy atom. The number of rotatable bonds is 7. The molecule has 5 heteroatoms. The van der Waals surface area contributed by atoms with Gasteiger partial charge in [-0.2, -0.15) is 0 Å². The lowest BCUT2D eigenvalue weighted by Gasteiger charge is -2.21. The molecule has 3 aromatic carbocycles. The van der Waals surface area contributed by atoms with E-state index in [1.54, 1.807) is 4.90 Å². The molecule has 0 saturated carbocycles. The number of hydrogen-bond acceptors (Lipinski definition) is 3. The minimum Gasteiger partial charge on any atom is -0.359 e. The molecule has 0 aliphatic carbocycles. The fraction of sp³-hybridized carbons (Fsp3) is 0.200. The van der Waals surface area contributed by atoms with Crippen LogP contribution in [0, 0.1) is 0 Å². The van der Waals surface area contributed by atoms with E-state index in [0.717, 1.165) is 23.2 Å². The highest BCUT2D eigenvalue weighted by atomic mass is 16.5. The van der Waals surface area contributed by atoms with Gasteiger partial charge in [-0.1, -0.05) is 72.8 Å². The highest BCUT2D eigenvalue weighted by molar-refractivity contribution is 6.02. The van der Waals surface area contributed by atoms with Crippen molar-refractivity contribution in [2.45, 2.75) is 18.9 Å². The molecule has 1 fully saturated rings. The maximum Gasteiger partial charge on any atom is 0.250 e. The quantitative estimate of drug-likeness (QED) is 0.633. The van der Waals surface area contributed by atoms with Gasteiger partial charge in [0.1, 0.15) is 12.7 Å². The summed E-state index contributed by atoms with van der Waals surface area (Å²) in [5, 5.41) is 2.91. The summed E-state index contributed by atoms with van der Waals surface area (Å²) in [5.74, 6) is -0.174. The minimum atomic E-state index is -0.339. The van der Waals surface area contributed by atoms with Gasteiger partial charge in [0.2, 0.25) is 11.8 Å². The zero-order valence-electron chi connectivity index (χ0n) is 16.7. The normalized spacial score (nSPS) is 13.6. The SMILES string of the molecule is O=C(COC(c1ccccc1)c1ccccc1)Nc1ccccc1N1CCCC1=O. The summed E-state index contributed by atoms with van der Waals surface area (Å²) in [6.07, 6.45) is 1.04. The molecule has 0 spiro atoms. The van der Waals surface area contributed by atoms with E-state index in [2.05, 4.69) is 5.32 Å². The average molecular weight is 400 g/mol. The van der Waals surface area contributed by atoms with Crippen LogP contribution in [-0.4, -0.2) is 25.0 Å². The smallest absolute Gasteiger partial charge is 0.250 e. The number of nitrogens with one attached hydrogen (secondary N) is 1. The van der Waals surface area contributed by atoms with Gasteiger partial charge < -0.3 is 15.0 Å². The first-order valence-corrected chi connectivity index (χ1v) is 10.1. The molecule has 0 unspecified atom stereocenters. The van der Waals surface area contributed by atoms with Gasteiger partial charge in [-0.15, -0.1) is 0 Å². The van der Waals surface area contributed by atoms with Crippen molar-refractivity contribution in [1.82, 2.24) is 0 Å². The second-order valence-electron chi connectivity index (χ2n) is 7.23. The first kappa shape index (κ1) is 19.9. The van der Waals surface area contributed by atoms with E-state index in [-0.39, 0.29) is 24.5 Å². The number of nitrogens with zero attached hydrogens (tertiary/aromatic N) is 1. The molecule has 1 heterocycles. The number of carbonyl (C=O) groups is 2. The fourth-order valence-corrected chi connectivity index (χ4v) is 3.70. The molecule has 152 valence electrons. The van der Waals surface area contributed by atoms with Crippen molar-refractivity contribution in [3.05, 3.63) is 96.1 Å². The molecule has 1 N–H and O–H groups in total. The van der Waals surface area contributed by atoms with Crippen LogP contribution < -0.4 is 10.2 Å². The highest BCUT2D eigenvalue weighted by Gasteiger charge is 2.24. The molecule has 0 atom stereocenters. The van der Waals surface area contributed by atoms with Gasteiger partial charge in [0.25, 0.3) is 0 Å². The van der Waals surface area contributed by atoms with Crippen LogP contribution in [0.15, 0.2) is 84.9 Å². The van der Waals surface area contributed by atoms with E-state index >= 15 is 0 Å². The summed E-state index contributed by atoms with van der Waals surface area (Å²) in [6.45, 7) is 0.572. The van der Waals surface area contributed by atoms with Gasteiger partial charge in [0.05, 0.1) is 11.4 Å². The van der Waals surface area contributed by atoms with Gasteiger partial charge in [-0.05, 0) is 29.7 Å². The Labute approximate surface area is 176 Å². The van der Waals surface area contributed by atoms with E-state index in [1.807, 2.05) is 84.9 Å². The molecule has 3 aromatic rings. The Balaban J connectivity index is 1.47. The molecule has 4 rings (SSSR count). The molecule has 1 aliphatic heterocycles. The average Bonchev–Trinajstić information content (AvgIpc) is 3.21. The van der Waals surface area contributed by atoms with Crippen molar-refractivity contribution in [3.63, 3.8) is 0 Å². The number of anilines is 2. The van der Waals surface area contributed by atoms with Crippen molar-refractivity contribution < 1.29 is 14.3 Å². The van der Waals surface area contributed by atoms with E-state index in [9.17, 15) is 9.59 Å². The molecule has 0 aromatic heterocycles. The largest absolute Gasteiger partial charge is 0.359 e. The Morgan fingerprint density at radius 3 is 2.10 bits per heavy atom. The standard InChI is InChI=1S/C25H24N2O3/c28-23(26-21-14-7-8-15-22(21)27-17-9-16-24(27)29)18-30-25(19-10-3-1-4-11-19)20-12-5-2-6-13-20/h1-8,10-15,25H,9,16-18H2,(H,26,28). The first-order chi connectivity index (χ1) is 14.7. The third kappa shape index (κ3) is 4.58. The third-order valence-electron chi connectivity index (χ3n) is 5.13. The van der Waals surface area contributed by atoms with Crippen LogP contribution in [0.1, 0.15) is 30.1 Å². The molecular weight excluding hydrogens is 376 g/mol. The lowest BCUT2D eigenvalue weighted by molar-refractivity contribution is -0.122. The van der Waals surface area contributed by atoms with E-state index in [0.29, 0.717) is 18.7 Å². The van der Waals surface area contributed by atoms with E-state index in [4.69, 9.17) is 4.74 Å². The number of para-hydroxylation sites is 2. The molecule has 1 aliphatic rings. The van der Waals surface area contributed by atoms with Crippen LogP contribution in [0.5, 0.6) is 0 Å². The lowest BCUT2D eigenvalue weighted by Crippen LogP contribution is -2.26. The Morgan fingerprint density at radius 1 is 0.900 bits per heavy atom. The topological polar surface area (TPSA) is 58.6 Å². The number of hydrogen-bond donors (Lipinski definition) is 1. The highest BCUT2D eigenvalue weighted by Crippen LogP contribution is 2.30. The Bertz CT molecular complexity index is 966. The molecule has 1 saturated heterocycles. The number of benzene rings is 3. The zero-order valence-corrected chi connectivity index (χ0v) is 16.7. The van der Waals surface area contributed by atoms with Crippen LogP contribution in [0.25, 0.3) is 0 Å². The predicted molar refractivity (Wildman–Crippen MR) is 117 cm³/mol. The Hall–Kier alpha value is -3.44. The minimum absolute atomic E-state index is 0.0844.